The molecule has 1 heterocycles. The van der Waals surface area contributed by atoms with E-state index < -0.39 is 11.9 Å². The lowest BCUT2D eigenvalue weighted by Crippen LogP contribution is -2.29. The zero-order valence-corrected chi connectivity index (χ0v) is 11.5. The Balaban J connectivity index is 2.15. The molecule has 3 rings (SSSR count). The van der Waals surface area contributed by atoms with Crippen LogP contribution in [0.4, 0.5) is 4.39 Å². The summed E-state index contributed by atoms with van der Waals surface area (Å²) in [5.41, 5.74) is 4.57. The van der Waals surface area contributed by atoms with Crippen LogP contribution < -0.4 is 16.0 Å². The highest BCUT2D eigenvalue weighted by molar-refractivity contribution is 5.82. The number of furan rings is 1. The van der Waals surface area contributed by atoms with Crippen molar-refractivity contribution < 1.29 is 13.5 Å². The summed E-state index contributed by atoms with van der Waals surface area (Å²) in [6.45, 7) is 0. The van der Waals surface area contributed by atoms with Crippen molar-refractivity contribution in [2.45, 2.75) is 6.04 Å². The van der Waals surface area contributed by atoms with Crippen molar-refractivity contribution in [3.63, 3.8) is 0 Å². The summed E-state index contributed by atoms with van der Waals surface area (Å²) in [6, 6.07) is 12.0. The van der Waals surface area contributed by atoms with Crippen LogP contribution in [-0.4, -0.2) is 7.11 Å². The quantitative estimate of drug-likeness (QED) is 0.571. The van der Waals surface area contributed by atoms with Crippen LogP contribution in [0.25, 0.3) is 11.0 Å². The van der Waals surface area contributed by atoms with Gasteiger partial charge in [0.15, 0.2) is 11.6 Å². The van der Waals surface area contributed by atoms with Crippen LogP contribution in [0.5, 0.6) is 5.75 Å². The van der Waals surface area contributed by atoms with Crippen molar-refractivity contribution in [3.8, 4) is 5.75 Å². The van der Waals surface area contributed by atoms with Gasteiger partial charge in [-0.15, -0.1) is 0 Å². The zero-order valence-electron chi connectivity index (χ0n) is 11.5. The summed E-state index contributed by atoms with van der Waals surface area (Å²) in [7, 11) is 1.43. The smallest absolute Gasteiger partial charge is 0.170 e. The average molecular weight is 286 g/mol. The Morgan fingerprint density at radius 2 is 1.95 bits per heavy atom. The summed E-state index contributed by atoms with van der Waals surface area (Å²) in [5, 5.41) is 0.891. The van der Waals surface area contributed by atoms with Gasteiger partial charge in [0.2, 0.25) is 0 Å². The van der Waals surface area contributed by atoms with Gasteiger partial charge in [0, 0.05) is 16.5 Å². The molecule has 0 aliphatic rings. The van der Waals surface area contributed by atoms with E-state index >= 15 is 0 Å². The van der Waals surface area contributed by atoms with Gasteiger partial charge in [-0.25, -0.2) is 9.82 Å². The largest absolute Gasteiger partial charge is 0.494 e. The lowest BCUT2D eigenvalue weighted by Gasteiger charge is -2.17. The van der Waals surface area contributed by atoms with E-state index in [0.29, 0.717) is 5.56 Å². The number of nitrogens with two attached hydrogens (primary N) is 1. The number of rotatable bonds is 4. The standard InChI is InChI=1S/C16H15FN2O2/c1-20-14-8-4-6-11(15(14)17)16(19-18)12-9-21-13-7-3-2-5-10(12)13/h2-9,16,19H,18H2,1H3. The topological polar surface area (TPSA) is 60.4 Å². The molecule has 0 fully saturated rings. The molecular weight excluding hydrogens is 271 g/mol. The Morgan fingerprint density at radius 3 is 2.71 bits per heavy atom. The van der Waals surface area contributed by atoms with E-state index in [9.17, 15) is 4.39 Å². The van der Waals surface area contributed by atoms with Gasteiger partial charge < -0.3 is 9.15 Å². The highest BCUT2D eigenvalue weighted by Crippen LogP contribution is 2.33. The molecule has 108 valence electrons. The molecule has 0 aliphatic carbocycles. The zero-order chi connectivity index (χ0) is 14.8. The number of nitrogens with one attached hydrogen (secondary N) is 1. The third-order valence-corrected chi connectivity index (χ3v) is 3.51. The lowest BCUT2D eigenvalue weighted by atomic mass is 9.98. The molecular formula is C16H15FN2O2. The third kappa shape index (κ3) is 2.26. The molecule has 0 bridgehead atoms. The summed E-state index contributed by atoms with van der Waals surface area (Å²) in [4.78, 5) is 0. The third-order valence-electron chi connectivity index (χ3n) is 3.51. The van der Waals surface area contributed by atoms with E-state index in [2.05, 4.69) is 5.43 Å². The predicted octanol–water partition coefficient (Wildman–Crippen LogP) is 3.13. The first-order valence-electron chi connectivity index (χ1n) is 6.51. The Bertz CT molecular complexity index is 770. The van der Waals surface area contributed by atoms with Crippen molar-refractivity contribution in [1.29, 1.82) is 0 Å². The number of ether oxygens (including phenoxy) is 1. The van der Waals surface area contributed by atoms with E-state index in [4.69, 9.17) is 15.0 Å². The molecule has 3 aromatic rings. The van der Waals surface area contributed by atoms with Crippen LogP contribution >= 0.6 is 0 Å². The maximum atomic E-state index is 14.5. The molecule has 0 saturated carbocycles. The second-order valence-electron chi connectivity index (χ2n) is 4.65. The maximum Gasteiger partial charge on any atom is 0.170 e. The average Bonchev–Trinajstić information content (AvgIpc) is 2.94. The Hall–Kier alpha value is -2.37. The number of hydrogen-bond donors (Lipinski definition) is 2. The number of methoxy groups -OCH3 is 1. The fourth-order valence-corrected chi connectivity index (χ4v) is 2.48. The molecule has 2 aromatic carbocycles. The van der Waals surface area contributed by atoms with E-state index in [0.717, 1.165) is 16.5 Å². The van der Waals surface area contributed by atoms with E-state index in [1.807, 2.05) is 24.3 Å². The predicted molar refractivity (Wildman–Crippen MR) is 78.3 cm³/mol. The highest BCUT2D eigenvalue weighted by atomic mass is 19.1. The van der Waals surface area contributed by atoms with Gasteiger partial charge in [0.1, 0.15) is 5.58 Å². The molecule has 0 radical (unpaired) electrons. The molecule has 0 spiro atoms. The van der Waals surface area contributed by atoms with Gasteiger partial charge in [-0.05, 0) is 12.1 Å². The second-order valence-corrected chi connectivity index (χ2v) is 4.65. The van der Waals surface area contributed by atoms with Gasteiger partial charge in [-0.3, -0.25) is 5.84 Å². The molecule has 0 saturated heterocycles. The van der Waals surface area contributed by atoms with Crippen LogP contribution in [0.1, 0.15) is 17.2 Å². The Kier molecular flexibility index (Phi) is 3.60. The minimum absolute atomic E-state index is 0.181. The summed E-state index contributed by atoms with van der Waals surface area (Å²) in [5.74, 6) is 5.39. The van der Waals surface area contributed by atoms with Crippen LogP contribution in [0.15, 0.2) is 53.1 Å². The first kappa shape index (κ1) is 13.6. The van der Waals surface area contributed by atoms with Crippen LogP contribution in [0.2, 0.25) is 0 Å². The van der Waals surface area contributed by atoms with Crippen molar-refractivity contribution in [2.75, 3.05) is 7.11 Å². The lowest BCUT2D eigenvalue weighted by molar-refractivity contribution is 0.381. The minimum Gasteiger partial charge on any atom is -0.494 e. The van der Waals surface area contributed by atoms with Crippen LogP contribution in [0, 0.1) is 5.82 Å². The van der Waals surface area contributed by atoms with Crippen molar-refractivity contribution in [3.05, 3.63) is 65.7 Å². The molecule has 1 unspecified atom stereocenters. The highest BCUT2D eigenvalue weighted by Gasteiger charge is 2.22. The minimum atomic E-state index is -0.524. The van der Waals surface area contributed by atoms with Crippen molar-refractivity contribution in [2.24, 2.45) is 5.84 Å². The van der Waals surface area contributed by atoms with Crippen LogP contribution in [0.3, 0.4) is 0 Å². The van der Waals surface area contributed by atoms with E-state index in [1.54, 1.807) is 24.5 Å². The molecule has 4 nitrogen and oxygen atoms in total. The summed E-state index contributed by atoms with van der Waals surface area (Å²) < 4.78 is 25.0. The second kappa shape index (κ2) is 5.55. The number of benzene rings is 2. The normalized spacial score (nSPS) is 12.5. The Labute approximate surface area is 121 Å². The fourth-order valence-electron chi connectivity index (χ4n) is 2.48. The SMILES string of the molecule is COc1cccc(C(NN)c2coc3ccccc23)c1F. The first-order chi connectivity index (χ1) is 10.3. The van der Waals surface area contributed by atoms with E-state index in [-0.39, 0.29) is 5.75 Å². The van der Waals surface area contributed by atoms with Gasteiger partial charge in [-0.2, -0.15) is 0 Å². The Morgan fingerprint density at radius 1 is 1.14 bits per heavy atom. The molecule has 21 heavy (non-hydrogen) atoms. The first-order valence-corrected chi connectivity index (χ1v) is 6.51. The molecule has 5 heteroatoms. The molecule has 0 aliphatic heterocycles. The number of para-hydroxylation sites is 1. The molecule has 3 N–H and O–H groups in total. The maximum absolute atomic E-state index is 14.5. The number of fused-ring (bicyclic) bond motifs is 1. The summed E-state index contributed by atoms with van der Waals surface area (Å²) in [6.07, 6.45) is 1.59. The summed E-state index contributed by atoms with van der Waals surface area (Å²) >= 11 is 0. The molecule has 0 amide bonds. The monoisotopic (exact) mass is 286 g/mol. The number of hydrogen-bond acceptors (Lipinski definition) is 4. The van der Waals surface area contributed by atoms with Gasteiger partial charge in [0.25, 0.3) is 0 Å². The van der Waals surface area contributed by atoms with Gasteiger partial charge in [-0.1, -0.05) is 30.3 Å². The van der Waals surface area contributed by atoms with Crippen molar-refractivity contribution >= 4 is 11.0 Å². The fraction of sp³-hybridized carbons (Fsp3) is 0.125. The molecule has 1 atom stereocenters. The number of hydrazine groups is 1. The number of halogens is 1. The van der Waals surface area contributed by atoms with Gasteiger partial charge in [0.05, 0.1) is 19.4 Å². The van der Waals surface area contributed by atoms with Crippen LogP contribution in [-0.2, 0) is 0 Å². The van der Waals surface area contributed by atoms with Gasteiger partial charge >= 0.3 is 0 Å². The molecule has 1 aromatic heterocycles. The van der Waals surface area contributed by atoms with Crippen molar-refractivity contribution in [1.82, 2.24) is 5.43 Å². The van der Waals surface area contributed by atoms with E-state index in [1.165, 1.54) is 7.11 Å².